The quantitative estimate of drug-likeness (QED) is 0.804. The van der Waals surface area contributed by atoms with Gasteiger partial charge in [0.15, 0.2) is 0 Å². The van der Waals surface area contributed by atoms with Crippen molar-refractivity contribution in [2.45, 2.75) is 12.1 Å². The van der Waals surface area contributed by atoms with E-state index in [4.69, 9.17) is 11.5 Å². The summed E-state index contributed by atoms with van der Waals surface area (Å²) in [7, 11) is 0. The Morgan fingerprint density at radius 1 is 0.750 bits per heavy atom. The average molecular weight is 214 g/mol. The molecule has 0 aromatic carbocycles. The lowest BCUT2D eigenvalue weighted by Crippen LogP contribution is -2.27. The zero-order valence-corrected chi connectivity index (χ0v) is 8.82. The lowest BCUT2D eigenvalue weighted by atomic mass is 10.0. The average Bonchev–Trinajstić information content (AvgIpc) is 2.39. The van der Waals surface area contributed by atoms with Crippen molar-refractivity contribution in [3.8, 4) is 0 Å². The van der Waals surface area contributed by atoms with Crippen molar-refractivity contribution in [2.75, 3.05) is 0 Å². The van der Waals surface area contributed by atoms with Gasteiger partial charge in [-0.3, -0.25) is 9.97 Å². The Morgan fingerprint density at radius 3 is 1.50 bits per heavy atom. The van der Waals surface area contributed by atoms with E-state index in [1.807, 2.05) is 36.4 Å². The van der Waals surface area contributed by atoms with Gasteiger partial charge in [-0.2, -0.15) is 0 Å². The molecule has 0 aliphatic heterocycles. The van der Waals surface area contributed by atoms with Gasteiger partial charge in [-0.15, -0.1) is 0 Å². The van der Waals surface area contributed by atoms with Gasteiger partial charge < -0.3 is 11.5 Å². The van der Waals surface area contributed by atoms with Crippen LogP contribution >= 0.6 is 0 Å². The molecule has 0 spiro atoms. The molecule has 4 nitrogen and oxygen atoms in total. The van der Waals surface area contributed by atoms with Gasteiger partial charge in [0.2, 0.25) is 0 Å². The van der Waals surface area contributed by atoms with Gasteiger partial charge in [-0.25, -0.2) is 0 Å². The molecular weight excluding hydrogens is 200 g/mol. The Labute approximate surface area is 94.3 Å². The van der Waals surface area contributed by atoms with Crippen LogP contribution < -0.4 is 11.5 Å². The zero-order chi connectivity index (χ0) is 11.4. The van der Waals surface area contributed by atoms with E-state index in [9.17, 15) is 0 Å². The Hall–Kier alpha value is -1.78. The van der Waals surface area contributed by atoms with E-state index in [2.05, 4.69) is 9.97 Å². The van der Waals surface area contributed by atoms with Crippen LogP contribution in [-0.4, -0.2) is 9.97 Å². The minimum Gasteiger partial charge on any atom is -0.321 e. The van der Waals surface area contributed by atoms with Crippen LogP contribution in [0, 0.1) is 0 Å². The maximum absolute atomic E-state index is 6.04. The predicted molar refractivity (Wildman–Crippen MR) is 62.3 cm³/mol. The van der Waals surface area contributed by atoms with E-state index in [-0.39, 0.29) is 12.1 Å². The Kier molecular flexibility index (Phi) is 3.24. The van der Waals surface area contributed by atoms with Crippen molar-refractivity contribution < 1.29 is 0 Å². The second kappa shape index (κ2) is 4.83. The topological polar surface area (TPSA) is 77.8 Å². The minimum absolute atomic E-state index is 0.337. The first-order chi connectivity index (χ1) is 7.79. The van der Waals surface area contributed by atoms with Crippen LogP contribution in [0.5, 0.6) is 0 Å². The highest BCUT2D eigenvalue weighted by Crippen LogP contribution is 2.20. The first-order valence-corrected chi connectivity index (χ1v) is 5.12. The van der Waals surface area contributed by atoms with E-state index in [0.717, 1.165) is 11.4 Å². The monoisotopic (exact) mass is 214 g/mol. The SMILES string of the molecule is NC(c1ccccn1)C(N)c1ccccn1. The molecular formula is C12H14N4. The van der Waals surface area contributed by atoms with E-state index < -0.39 is 0 Å². The standard InChI is InChI=1S/C12H14N4/c13-11(9-5-1-3-7-15-9)12(14)10-6-2-4-8-16-10/h1-8,11-12H,13-14H2. The van der Waals surface area contributed by atoms with E-state index in [0.29, 0.717) is 0 Å². The van der Waals surface area contributed by atoms with Crippen molar-refractivity contribution in [3.63, 3.8) is 0 Å². The number of nitrogens with zero attached hydrogens (tertiary/aromatic N) is 2. The van der Waals surface area contributed by atoms with Crippen molar-refractivity contribution in [1.82, 2.24) is 9.97 Å². The van der Waals surface area contributed by atoms with Gasteiger partial charge in [0.05, 0.1) is 23.5 Å². The molecule has 0 amide bonds. The molecule has 2 heterocycles. The Bertz CT molecular complexity index is 386. The highest BCUT2D eigenvalue weighted by Gasteiger charge is 2.18. The molecule has 0 bridgehead atoms. The highest BCUT2D eigenvalue weighted by molar-refractivity contribution is 5.17. The summed E-state index contributed by atoms with van der Waals surface area (Å²) in [4.78, 5) is 8.38. The minimum atomic E-state index is -0.337. The van der Waals surface area contributed by atoms with Crippen molar-refractivity contribution >= 4 is 0 Å². The summed E-state index contributed by atoms with van der Waals surface area (Å²) < 4.78 is 0. The van der Waals surface area contributed by atoms with Crippen molar-refractivity contribution in [1.29, 1.82) is 0 Å². The molecule has 16 heavy (non-hydrogen) atoms. The summed E-state index contributed by atoms with van der Waals surface area (Å²) in [6.45, 7) is 0. The molecule has 0 radical (unpaired) electrons. The van der Waals surface area contributed by atoms with Gasteiger partial charge in [0.25, 0.3) is 0 Å². The maximum atomic E-state index is 6.04. The van der Waals surface area contributed by atoms with Gasteiger partial charge in [-0.1, -0.05) is 12.1 Å². The van der Waals surface area contributed by atoms with Crippen LogP contribution in [0.25, 0.3) is 0 Å². The molecule has 2 aromatic heterocycles. The summed E-state index contributed by atoms with van der Waals surface area (Å²) in [5.74, 6) is 0. The van der Waals surface area contributed by atoms with Gasteiger partial charge in [0, 0.05) is 12.4 Å². The fourth-order valence-corrected chi connectivity index (χ4v) is 1.51. The molecule has 82 valence electrons. The van der Waals surface area contributed by atoms with Crippen molar-refractivity contribution in [2.24, 2.45) is 11.5 Å². The number of pyridine rings is 2. The summed E-state index contributed by atoms with van der Waals surface area (Å²) in [6, 6.07) is 10.6. The van der Waals surface area contributed by atoms with E-state index in [1.54, 1.807) is 12.4 Å². The summed E-state index contributed by atoms with van der Waals surface area (Å²) in [5, 5.41) is 0. The lowest BCUT2D eigenvalue weighted by Gasteiger charge is -2.18. The fourth-order valence-electron chi connectivity index (χ4n) is 1.51. The van der Waals surface area contributed by atoms with Gasteiger partial charge >= 0.3 is 0 Å². The number of nitrogens with two attached hydrogens (primary N) is 2. The molecule has 0 fully saturated rings. The van der Waals surface area contributed by atoms with E-state index >= 15 is 0 Å². The summed E-state index contributed by atoms with van der Waals surface area (Å²) >= 11 is 0. The molecule has 0 saturated carbocycles. The van der Waals surface area contributed by atoms with Crippen LogP contribution in [0.15, 0.2) is 48.8 Å². The van der Waals surface area contributed by atoms with E-state index in [1.165, 1.54) is 0 Å². The molecule has 0 aliphatic rings. The van der Waals surface area contributed by atoms with Crippen LogP contribution in [0.4, 0.5) is 0 Å². The smallest absolute Gasteiger partial charge is 0.0681 e. The summed E-state index contributed by atoms with van der Waals surface area (Å²) in [5.41, 5.74) is 13.6. The second-order valence-electron chi connectivity index (χ2n) is 3.56. The van der Waals surface area contributed by atoms with Crippen LogP contribution in [0.2, 0.25) is 0 Å². The third-order valence-corrected chi connectivity index (χ3v) is 2.45. The fraction of sp³-hybridized carbons (Fsp3) is 0.167. The first kappa shape index (κ1) is 10.7. The zero-order valence-electron chi connectivity index (χ0n) is 8.82. The number of rotatable bonds is 3. The van der Waals surface area contributed by atoms with Crippen LogP contribution in [0.1, 0.15) is 23.5 Å². The molecule has 2 atom stereocenters. The molecule has 0 aliphatic carbocycles. The predicted octanol–water partition coefficient (Wildman–Crippen LogP) is 1.18. The number of aromatic nitrogens is 2. The third kappa shape index (κ3) is 2.24. The second-order valence-corrected chi connectivity index (χ2v) is 3.56. The van der Waals surface area contributed by atoms with Crippen molar-refractivity contribution in [3.05, 3.63) is 60.2 Å². The number of hydrogen-bond acceptors (Lipinski definition) is 4. The molecule has 4 heteroatoms. The van der Waals surface area contributed by atoms with Crippen LogP contribution in [-0.2, 0) is 0 Å². The van der Waals surface area contributed by atoms with Gasteiger partial charge in [0.1, 0.15) is 0 Å². The van der Waals surface area contributed by atoms with Gasteiger partial charge in [-0.05, 0) is 24.3 Å². The third-order valence-electron chi connectivity index (χ3n) is 2.45. The molecule has 2 rings (SSSR count). The normalized spacial score (nSPS) is 14.4. The Morgan fingerprint density at radius 2 is 1.19 bits per heavy atom. The molecule has 4 N–H and O–H groups in total. The molecule has 0 saturated heterocycles. The summed E-state index contributed by atoms with van der Waals surface area (Å²) in [6.07, 6.45) is 3.42. The lowest BCUT2D eigenvalue weighted by molar-refractivity contribution is 0.548. The highest BCUT2D eigenvalue weighted by atomic mass is 14.9. The largest absolute Gasteiger partial charge is 0.321 e. The molecule has 2 unspecified atom stereocenters. The Balaban J connectivity index is 2.20. The number of hydrogen-bond donors (Lipinski definition) is 2. The molecule has 2 aromatic rings. The first-order valence-electron chi connectivity index (χ1n) is 5.12. The maximum Gasteiger partial charge on any atom is 0.0681 e. The van der Waals surface area contributed by atoms with Crippen LogP contribution in [0.3, 0.4) is 0 Å².